The number of sulfonamides is 1. The number of carbonyl (C=O) groups is 1. The van der Waals surface area contributed by atoms with Crippen LogP contribution in [0.3, 0.4) is 0 Å². The van der Waals surface area contributed by atoms with E-state index in [-0.39, 0.29) is 11.9 Å². The van der Waals surface area contributed by atoms with Crippen LogP contribution in [0.15, 0.2) is 0 Å². The Bertz CT molecular complexity index is 458. The maximum Gasteiger partial charge on any atom is 0.236 e. The van der Waals surface area contributed by atoms with Crippen molar-refractivity contribution in [1.29, 1.82) is 0 Å². The zero-order chi connectivity index (χ0) is 15.5. The average molecular weight is 317 g/mol. The van der Waals surface area contributed by atoms with Gasteiger partial charge in [-0.15, -0.1) is 0 Å². The number of carbonyl (C=O) groups excluding carboxylic acids is 1. The molecule has 2 aliphatic rings. The molecule has 7 heteroatoms. The van der Waals surface area contributed by atoms with Crippen molar-refractivity contribution in [2.24, 2.45) is 5.92 Å². The van der Waals surface area contributed by atoms with Gasteiger partial charge in [0.2, 0.25) is 15.9 Å². The van der Waals surface area contributed by atoms with E-state index in [1.165, 1.54) is 12.7 Å². The molecule has 0 bridgehead atoms. The topological polar surface area (TPSA) is 69.7 Å². The standard InChI is InChI=1S/C14H27N3O3S/c1-12-4-3-7-17(10-12)14(18)11-16-8-5-13(6-9-16)15-21(2,19)20/h12-13,15H,3-11H2,1-2H3. The molecule has 2 fully saturated rings. The third-order valence-electron chi connectivity index (χ3n) is 4.34. The van der Waals surface area contributed by atoms with Crippen LogP contribution < -0.4 is 4.72 Å². The molecule has 1 unspecified atom stereocenters. The van der Waals surface area contributed by atoms with Crippen LogP contribution in [0.1, 0.15) is 32.6 Å². The largest absolute Gasteiger partial charge is 0.341 e. The summed E-state index contributed by atoms with van der Waals surface area (Å²) in [5.74, 6) is 0.823. The number of hydrogen-bond donors (Lipinski definition) is 1. The first-order valence-electron chi connectivity index (χ1n) is 7.81. The van der Waals surface area contributed by atoms with Crippen molar-refractivity contribution < 1.29 is 13.2 Å². The van der Waals surface area contributed by atoms with Gasteiger partial charge < -0.3 is 4.90 Å². The summed E-state index contributed by atoms with van der Waals surface area (Å²) >= 11 is 0. The Morgan fingerprint density at radius 1 is 1.19 bits per heavy atom. The highest BCUT2D eigenvalue weighted by atomic mass is 32.2. The summed E-state index contributed by atoms with van der Waals surface area (Å²) in [5, 5.41) is 0. The van der Waals surface area contributed by atoms with Gasteiger partial charge in [0, 0.05) is 32.2 Å². The van der Waals surface area contributed by atoms with Gasteiger partial charge in [-0.05, 0) is 31.6 Å². The molecular weight excluding hydrogens is 290 g/mol. The molecule has 1 amide bonds. The van der Waals surface area contributed by atoms with Crippen LogP contribution >= 0.6 is 0 Å². The number of amides is 1. The minimum Gasteiger partial charge on any atom is -0.341 e. The Balaban J connectivity index is 1.74. The first-order valence-corrected chi connectivity index (χ1v) is 9.70. The van der Waals surface area contributed by atoms with Gasteiger partial charge in [-0.25, -0.2) is 13.1 Å². The molecule has 21 heavy (non-hydrogen) atoms. The van der Waals surface area contributed by atoms with Gasteiger partial charge in [-0.3, -0.25) is 9.69 Å². The SMILES string of the molecule is CC1CCCN(C(=O)CN2CCC(NS(C)(=O)=O)CC2)C1. The predicted octanol–water partition coefficient (Wildman–Crippen LogP) is 0.259. The lowest BCUT2D eigenvalue weighted by Crippen LogP contribution is -2.49. The van der Waals surface area contributed by atoms with Gasteiger partial charge in [0.1, 0.15) is 0 Å². The van der Waals surface area contributed by atoms with E-state index in [4.69, 9.17) is 0 Å². The Morgan fingerprint density at radius 3 is 2.43 bits per heavy atom. The number of hydrogen-bond acceptors (Lipinski definition) is 4. The lowest BCUT2D eigenvalue weighted by molar-refractivity contribution is -0.134. The van der Waals surface area contributed by atoms with E-state index in [1.54, 1.807) is 0 Å². The molecule has 0 spiro atoms. The fraction of sp³-hybridized carbons (Fsp3) is 0.929. The van der Waals surface area contributed by atoms with E-state index in [9.17, 15) is 13.2 Å². The summed E-state index contributed by atoms with van der Waals surface area (Å²) in [4.78, 5) is 16.4. The molecule has 0 saturated carbocycles. The van der Waals surface area contributed by atoms with Crippen molar-refractivity contribution >= 4 is 15.9 Å². The van der Waals surface area contributed by atoms with E-state index in [2.05, 4.69) is 16.5 Å². The second-order valence-electron chi connectivity index (χ2n) is 6.53. The summed E-state index contributed by atoms with van der Waals surface area (Å²) in [6, 6.07) is 0.0151. The van der Waals surface area contributed by atoms with E-state index < -0.39 is 10.0 Å². The molecule has 0 aromatic carbocycles. The van der Waals surface area contributed by atoms with Crippen molar-refractivity contribution in [3.05, 3.63) is 0 Å². The van der Waals surface area contributed by atoms with Gasteiger partial charge in [-0.1, -0.05) is 6.92 Å². The molecule has 0 aromatic rings. The molecule has 2 saturated heterocycles. The third kappa shape index (κ3) is 5.56. The zero-order valence-electron chi connectivity index (χ0n) is 13.0. The van der Waals surface area contributed by atoms with E-state index in [0.29, 0.717) is 12.5 Å². The predicted molar refractivity (Wildman–Crippen MR) is 82.4 cm³/mol. The number of nitrogens with one attached hydrogen (secondary N) is 1. The lowest BCUT2D eigenvalue weighted by atomic mass is 10.00. The Morgan fingerprint density at radius 2 is 1.86 bits per heavy atom. The van der Waals surface area contributed by atoms with Gasteiger partial charge in [-0.2, -0.15) is 0 Å². The molecule has 6 nitrogen and oxygen atoms in total. The molecule has 122 valence electrons. The van der Waals surface area contributed by atoms with Gasteiger partial charge in [0.15, 0.2) is 0 Å². The van der Waals surface area contributed by atoms with Crippen LogP contribution in [0.5, 0.6) is 0 Å². The minimum absolute atomic E-state index is 0.0151. The Labute approximate surface area is 127 Å². The van der Waals surface area contributed by atoms with Crippen LogP contribution in [-0.2, 0) is 14.8 Å². The number of piperidine rings is 2. The second-order valence-corrected chi connectivity index (χ2v) is 8.31. The average Bonchev–Trinajstić information content (AvgIpc) is 2.39. The maximum atomic E-state index is 12.3. The number of nitrogens with zero attached hydrogens (tertiary/aromatic N) is 2. The third-order valence-corrected chi connectivity index (χ3v) is 5.10. The van der Waals surface area contributed by atoms with Gasteiger partial charge in [0.05, 0.1) is 12.8 Å². The maximum absolute atomic E-state index is 12.3. The van der Waals surface area contributed by atoms with Crippen molar-refractivity contribution in [3.8, 4) is 0 Å². The molecule has 1 N–H and O–H groups in total. The normalized spacial score (nSPS) is 26.0. The van der Waals surface area contributed by atoms with Crippen LogP contribution in [0.25, 0.3) is 0 Å². The van der Waals surface area contributed by atoms with E-state index in [1.807, 2.05) is 4.90 Å². The Kier molecular flexibility index (Phi) is 5.62. The monoisotopic (exact) mass is 317 g/mol. The lowest BCUT2D eigenvalue weighted by Gasteiger charge is -2.35. The van der Waals surface area contributed by atoms with Crippen molar-refractivity contribution in [1.82, 2.24) is 14.5 Å². The highest BCUT2D eigenvalue weighted by Crippen LogP contribution is 2.16. The first kappa shape index (κ1) is 16.7. The molecule has 1 atom stereocenters. The molecule has 2 heterocycles. The summed E-state index contributed by atoms with van der Waals surface area (Å²) < 4.78 is 25.1. The van der Waals surface area contributed by atoms with Crippen molar-refractivity contribution in [2.45, 2.75) is 38.6 Å². The molecule has 2 rings (SSSR count). The first-order chi connectivity index (χ1) is 9.83. The summed E-state index contributed by atoms with van der Waals surface area (Å²) in [7, 11) is -3.13. The molecule has 2 aliphatic heterocycles. The summed E-state index contributed by atoms with van der Waals surface area (Å²) in [6.45, 7) is 5.99. The fourth-order valence-electron chi connectivity index (χ4n) is 3.22. The Hall–Kier alpha value is -0.660. The number of rotatable bonds is 4. The molecule has 0 aromatic heterocycles. The molecule has 0 aliphatic carbocycles. The van der Waals surface area contributed by atoms with Crippen LogP contribution in [0.4, 0.5) is 0 Å². The highest BCUT2D eigenvalue weighted by molar-refractivity contribution is 7.88. The van der Waals surface area contributed by atoms with E-state index in [0.717, 1.165) is 45.4 Å². The van der Waals surface area contributed by atoms with Gasteiger partial charge >= 0.3 is 0 Å². The van der Waals surface area contributed by atoms with E-state index >= 15 is 0 Å². The minimum atomic E-state index is -3.13. The summed E-state index contributed by atoms with van der Waals surface area (Å²) in [6.07, 6.45) is 5.06. The summed E-state index contributed by atoms with van der Waals surface area (Å²) in [5.41, 5.74) is 0. The highest BCUT2D eigenvalue weighted by Gasteiger charge is 2.26. The quantitative estimate of drug-likeness (QED) is 0.807. The van der Waals surface area contributed by atoms with Crippen molar-refractivity contribution in [3.63, 3.8) is 0 Å². The smallest absolute Gasteiger partial charge is 0.236 e. The van der Waals surface area contributed by atoms with Crippen LogP contribution in [-0.4, -0.2) is 69.1 Å². The van der Waals surface area contributed by atoms with Crippen LogP contribution in [0, 0.1) is 5.92 Å². The molecular formula is C14H27N3O3S. The molecule has 0 radical (unpaired) electrons. The second kappa shape index (κ2) is 7.07. The zero-order valence-corrected chi connectivity index (χ0v) is 13.9. The number of likely N-dealkylation sites (tertiary alicyclic amines) is 2. The fourth-order valence-corrected chi connectivity index (χ4v) is 4.06. The van der Waals surface area contributed by atoms with Crippen LogP contribution in [0.2, 0.25) is 0 Å². The van der Waals surface area contributed by atoms with Crippen molar-refractivity contribution in [2.75, 3.05) is 39.0 Å². The van der Waals surface area contributed by atoms with Gasteiger partial charge in [0.25, 0.3) is 0 Å².